The molecule has 0 atom stereocenters. The summed E-state index contributed by atoms with van der Waals surface area (Å²) in [6.45, 7) is 0. The van der Waals surface area contributed by atoms with E-state index >= 15 is 0 Å². The highest BCUT2D eigenvalue weighted by Crippen LogP contribution is 2.69. The van der Waals surface area contributed by atoms with Gasteiger partial charge in [-0.25, -0.2) is 0 Å². The van der Waals surface area contributed by atoms with E-state index < -0.39 is 69.0 Å². The van der Waals surface area contributed by atoms with Gasteiger partial charge in [0.2, 0.25) is 16.0 Å². The lowest BCUT2D eigenvalue weighted by Crippen LogP contribution is -2.29. The second kappa shape index (κ2) is 13.6. The van der Waals surface area contributed by atoms with Crippen molar-refractivity contribution in [3.63, 3.8) is 0 Å². The third-order valence-corrected chi connectivity index (χ3v) is 7.24. The van der Waals surface area contributed by atoms with E-state index in [0.29, 0.717) is 0 Å². The fourth-order valence-electron chi connectivity index (χ4n) is 5.55. The summed E-state index contributed by atoms with van der Waals surface area (Å²) in [5.74, 6) is -5.49. The highest BCUT2D eigenvalue weighted by Gasteiger charge is 2.41. The number of fused-ring (bicyclic) bond motifs is 4. The number of nitrogens with zero attached hydrogens (tertiary/aromatic N) is 2. The van der Waals surface area contributed by atoms with E-state index in [9.17, 15) is 0 Å². The molecular formula is C20B14N2O12. The van der Waals surface area contributed by atoms with Gasteiger partial charge in [0, 0.05) is 0 Å². The largest absolute Gasteiger partial charge is 0.566 e. The number of rotatable bonds is 12. The zero-order valence-electron chi connectivity index (χ0n) is 23.9. The van der Waals surface area contributed by atoms with E-state index in [1.54, 1.807) is 0 Å². The van der Waals surface area contributed by atoms with E-state index in [2.05, 4.69) is 0 Å². The Bertz CT molecular complexity index is 1670. The highest BCUT2D eigenvalue weighted by atomic mass is 16.5. The zero-order chi connectivity index (χ0) is 35.2. The number of hydrogen-bond acceptors (Lipinski definition) is 14. The van der Waals surface area contributed by atoms with Crippen LogP contribution in [0.4, 0.5) is 22.7 Å². The molecule has 1 aliphatic rings. The van der Waals surface area contributed by atoms with Crippen LogP contribution in [0.15, 0.2) is 0 Å². The molecule has 0 unspecified atom stereocenters. The molecule has 4 aromatic rings. The molecule has 1 aliphatic heterocycles. The molecule has 0 N–H and O–H groups in total. The van der Waals surface area contributed by atoms with Crippen molar-refractivity contribution in [3.05, 3.63) is 0 Å². The van der Waals surface area contributed by atoms with Gasteiger partial charge in [-0.2, -0.15) is 0 Å². The van der Waals surface area contributed by atoms with Gasteiger partial charge < -0.3 is 65.5 Å². The number of anilines is 4. The lowest BCUT2D eigenvalue weighted by atomic mass is 9.90. The Hall–Kier alpha value is -4.49. The molecule has 0 spiro atoms. The van der Waals surface area contributed by atoms with Crippen LogP contribution in [-0.4, -0.2) is 113 Å². The third kappa shape index (κ3) is 4.47. The van der Waals surface area contributed by atoms with Gasteiger partial charge >= 0.3 is 96.6 Å². The molecule has 0 bridgehead atoms. The van der Waals surface area contributed by atoms with Gasteiger partial charge in [-0.15, -0.1) is 0 Å². The van der Waals surface area contributed by atoms with Gasteiger partial charge in [-0.05, 0) is 0 Å². The van der Waals surface area contributed by atoms with Crippen LogP contribution in [0.5, 0.6) is 69.0 Å². The Morgan fingerprint density at radius 3 is 0.500 bits per heavy atom. The maximum Gasteiger partial charge on any atom is 0.374 e. The van der Waals surface area contributed by atoms with Crippen molar-refractivity contribution in [2.75, 3.05) is 9.62 Å². The van der Waals surface area contributed by atoms with E-state index in [0.717, 1.165) is 9.62 Å². The van der Waals surface area contributed by atoms with Gasteiger partial charge in [0.25, 0.3) is 0 Å². The SMILES string of the molecule is [B]Oc1c(O[B])c(O[B])c2c(O[B])c3c(c(O[B])c2c1O[B])N([B])c1c(c(O[B])c2c(O[B])c(O[B])c(O[B])c(O[B])c2c1O[B])N3[B]. The molecule has 0 saturated heterocycles. The van der Waals surface area contributed by atoms with E-state index in [1.807, 2.05) is 0 Å². The average molecular weight is 612 g/mol. The molecule has 0 aliphatic carbocycles. The van der Waals surface area contributed by atoms with Crippen LogP contribution in [0.1, 0.15) is 0 Å². The quantitative estimate of drug-likeness (QED) is 0.169. The molecule has 0 aromatic heterocycles. The summed E-state index contributed by atoms with van der Waals surface area (Å²) < 4.78 is 60.7. The van der Waals surface area contributed by atoms with Crippen LogP contribution in [0.25, 0.3) is 21.5 Å². The van der Waals surface area contributed by atoms with Crippen molar-refractivity contribution in [1.82, 2.24) is 0 Å². The first kappa shape index (κ1) is 34.8. The van der Waals surface area contributed by atoms with Crippen LogP contribution in [0.3, 0.4) is 0 Å². The molecule has 1 heterocycles. The van der Waals surface area contributed by atoms with Gasteiger partial charge in [-0.3, -0.25) is 0 Å². The summed E-state index contributed by atoms with van der Waals surface area (Å²) in [4.78, 5) is 1.67. The Morgan fingerprint density at radius 2 is 0.375 bits per heavy atom. The first-order chi connectivity index (χ1) is 23.2. The Balaban J connectivity index is 2.12. The molecule has 28 radical (unpaired) electrons. The minimum absolute atomic E-state index is 0.271. The molecule has 0 amide bonds. The summed E-state index contributed by atoms with van der Waals surface area (Å²) in [6.07, 6.45) is 0. The fraction of sp³-hybridized carbons (Fsp3) is 0. The second-order valence-corrected chi connectivity index (χ2v) is 9.00. The molecule has 204 valence electrons. The summed E-state index contributed by atoms with van der Waals surface area (Å²) in [6, 6.07) is 0. The molecule has 0 fully saturated rings. The van der Waals surface area contributed by atoms with Crippen LogP contribution in [-0.2, 0) is 0 Å². The Labute approximate surface area is 290 Å². The molecule has 0 saturated carbocycles. The molecule has 28 heteroatoms. The van der Waals surface area contributed by atoms with Crippen molar-refractivity contribution in [2.45, 2.75) is 0 Å². The first-order valence-electron chi connectivity index (χ1n) is 12.2. The van der Waals surface area contributed by atoms with Gasteiger partial charge in [0.05, 0.1) is 44.3 Å². The van der Waals surface area contributed by atoms with Crippen molar-refractivity contribution in [1.29, 1.82) is 0 Å². The lowest BCUT2D eigenvalue weighted by molar-refractivity contribution is 0.483. The maximum absolute atomic E-state index is 6.71. The Morgan fingerprint density at radius 1 is 0.229 bits per heavy atom. The van der Waals surface area contributed by atoms with Gasteiger partial charge in [-0.1, -0.05) is 0 Å². The van der Waals surface area contributed by atoms with E-state index in [4.69, 9.17) is 168 Å². The van der Waals surface area contributed by atoms with Gasteiger partial charge in [0.1, 0.15) is 23.0 Å². The van der Waals surface area contributed by atoms with Crippen molar-refractivity contribution < 1.29 is 55.9 Å². The first-order valence-corrected chi connectivity index (χ1v) is 12.2. The number of benzene rings is 4. The van der Waals surface area contributed by atoms with Crippen molar-refractivity contribution >= 4 is 157 Å². The number of hydrogen-bond donors (Lipinski definition) is 0. The standard InChI is InChI=1S/C20B14N2O12/c21-35-5-6(10(38-24)2-1(9(5)37-23)13(41-27)17(45-31)18(46-32)14(2)42-28)36(22)8-7(35)11(39-25)3-4(12(8)40-26)16(44-30)20(48-34)19(47-33)15(3)43-29. The molecule has 4 aromatic carbocycles. The summed E-state index contributed by atoms with van der Waals surface area (Å²) in [5.41, 5.74) is -1.19. The predicted molar refractivity (Wildman–Crippen MR) is 180 cm³/mol. The lowest BCUT2D eigenvalue weighted by Gasteiger charge is -2.42. The monoisotopic (exact) mass is 614 g/mol. The highest BCUT2D eigenvalue weighted by molar-refractivity contribution is 6.40. The average Bonchev–Trinajstić information content (AvgIpc) is 3.12. The van der Waals surface area contributed by atoms with Crippen LogP contribution >= 0.6 is 0 Å². The van der Waals surface area contributed by atoms with Crippen LogP contribution in [0, 0.1) is 0 Å². The van der Waals surface area contributed by atoms with Crippen molar-refractivity contribution in [3.8, 4) is 69.0 Å². The van der Waals surface area contributed by atoms with E-state index in [1.165, 1.54) is 0 Å². The zero-order valence-corrected chi connectivity index (χ0v) is 23.9. The van der Waals surface area contributed by atoms with E-state index in [-0.39, 0.29) is 44.3 Å². The third-order valence-electron chi connectivity index (χ3n) is 7.24. The summed E-state index contributed by atoms with van der Waals surface area (Å²) in [5, 5.41) is -1.08. The summed E-state index contributed by atoms with van der Waals surface area (Å²) in [7, 11) is 80.7. The summed E-state index contributed by atoms with van der Waals surface area (Å²) >= 11 is 0. The second-order valence-electron chi connectivity index (χ2n) is 9.00. The smallest absolute Gasteiger partial charge is 0.374 e. The minimum Gasteiger partial charge on any atom is -0.566 e. The van der Waals surface area contributed by atoms with Crippen LogP contribution in [0.2, 0.25) is 0 Å². The predicted octanol–water partition coefficient (Wildman–Crippen LogP) is -1.70. The normalized spacial score (nSPS) is 11.6. The minimum atomic E-state index is -0.486. The molecule has 14 nitrogen and oxygen atoms in total. The topological polar surface area (TPSA) is 117 Å². The van der Waals surface area contributed by atoms with Crippen LogP contribution < -0.4 is 65.5 Å². The van der Waals surface area contributed by atoms with Crippen molar-refractivity contribution in [2.24, 2.45) is 0 Å². The molecule has 5 rings (SSSR count). The maximum atomic E-state index is 6.71. The van der Waals surface area contributed by atoms with Gasteiger partial charge in [0.15, 0.2) is 46.0 Å². The Kier molecular flexibility index (Phi) is 9.84. The molecular weight excluding hydrogens is 612 g/mol. The fourth-order valence-corrected chi connectivity index (χ4v) is 5.55. The molecule has 48 heavy (non-hydrogen) atoms.